The standard InChI is InChI=1S/C17H19N3O/c1-3-9-18-15-7-8-16(19-12-15)17(21)20-11-14-6-4-5-13(2)10-14/h3-8,10,12,18H,1,9,11H2,2H3,(H,20,21). The first-order chi connectivity index (χ1) is 10.2. The Morgan fingerprint density at radius 1 is 1.33 bits per heavy atom. The Morgan fingerprint density at radius 3 is 2.86 bits per heavy atom. The monoisotopic (exact) mass is 281 g/mol. The average molecular weight is 281 g/mol. The second kappa shape index (κ2) is 7.24. The van der Waals surface area contributed by atoms with Gasteiger partial charge in [-0.2, -0.15) is 0 Å². The second-order valence-corrected chi connectivity index (χ2v) is 4.77. The van der Waals surface area contributed by atoms with Gasteiger partial charge in [-0.05, 0) is 24.6 Å². The maximum atomic E-state index is 12.0. The molecule has 0 radical (unpaired) electrons. The van der Waals surface area contributed by atoms with Crippen LogP contribution in [0, 0.1) is 6.92 Å². The summed E-state index contributed by atoms with van der Waals surface area (Å²) in [4.78, 5) is 16.2. The predicted octanol–water partition coefficient (Wildman–Crippen LogP) is 2.92. The number of carbonyl (C=O) groups excluding carboxylic acids is 1. The van der Waals surface area contributed by atoms with E-state index in [-0.39, 0.29) is 5.91 Å². The van der Waals surface area contributed by atoms with Crippen LogP contribution in [0.15, 0.2) is 55.3 Å². The van der Waals surface area contributed by atoms with Crippen LogP contribution < -0.4 is 10.6 Å². The Labute approximate surface area is 124 Å². The Balaban J connectivity index is 1.92. The highest BCUT2D eigenvalue weighted by Gasteiger charge is 2.06. The SMILES string of the molecule is C=CCNc1ccc(C(=O)NCc2cccc(C)c2)nc1. The minimum absolute atomic E-state index is 0.174. The summed E-state index contributed by atoms with van der Waals surface area (Å²) in [6.45, 7) is 6.83. The van der Waals surface area contributed by atoms with Crippen molar-refractivity contribution >= 4 is 11.6 Å². The van der Waals surface area contributed by atoms with Crippen molar-refractivity contribution in [2.75, 3.05) is 11.9 Å². The van der Waals surface area contributed by atoms with Gasteiger partial charge in [0.15, 0.2) is 0 Å². The number of hydrogen-bond acceptors (Lipinski definition) is 3. The third kappa shape index (κ3) is 4.45. The molecule has 0 saturated carbocycles. The van der Waals surface area contributed by atoms with E-state index in [0.717, 1.165) is 11.3 Å². The van der Waals surface area contributed by atoms with E-state index < -0.39 is 0 Å². The smallest absolute Gasteiger partial charge is 0.270 e. The Morgan fingerprint density at radius 2 is 2.19 bits per heavy atom. The maximum absolute atomic E-state index is 12.0. The number of anilines is 1. The fraction of sp³-hybridized carbons (Fsp3) is 0.176. The van der Waals surface area contributed by atoms with E-state index in [2.05, 4.69) is 28.3 Å². The molecule has 1 aromatic carbocycles. The molecule has 0 aliphatic carbocycles. The summed E-state index contributed by atoms with van der Waals surface area (Å²) in [5.41, 5.74) is 3.53. The fourth-order valence-corrected chi connectivity index (χ4v) is 1.92. The number of benzene rings is 1. The summed E-state index contributed by atoms with van der Waals surface area (Å²) in [6, 6.07) is 11.6. The van der Waals surface area contributed by atoms with Crippen LogP contribution in [0.5, 0.6) is 0 Å². The molecule has 2 aromatic rings. The van der Waals surface area contributed by atoms with E-state index in [1.807, 2.05) is 31.2 Å². The van der Waals surface area contributed by atoms with E-state index in [0.29, 0.717) is 18.8 Å². The van der Waals surface area contributed by atoms with Crippen LogP contribution in [0.2, 0.25) is 0 Å². The maximum Gasteiger partial charge on any atom is 0.270 e. The predicted molar refractivity (Wildman–Crippen MR) is 85.3 cm³/mol. The lowest BCUT2D eigenvalue weighted by atomic mass is 10.1. The van der Waals surface area contributed by atoms with Crippen molar-refractivity contribution in [3.8, 4) is 0 Å². The van der Waals surface area contributed by atoms with E-state index in [1.165, 1.54) is 5.56 Å². The highest BCUT2D eigenvalue weighted by Crippen LogP contribution is 2.07. The van der Waals surface area contributed by atoms with Gasteiger partial charge in [-0.1, -0.05) is 35.9 Å². The minimum atomic E-state index is -0.174. The summed E-state index contributed by atoms with van der Waals surface area (Å²) in [5, 5.41) is 5.98. The molecule has 21 heavy (non-hydrogen) atoms. The number of nitrogens with zero attached hydrogens (tertiary/aromatic N) is 1. The molecular formula is C17H19N3O. The third-order valence-corrected chi connectivity index (χ3v) is 2.98. The number of nitrogens with one attached hydrogen (secondary N) is 2. The van der Waals surface area contributed by atoms with Crippen molar-refractivity contribution in [3.05, 3.63) is 72.1 Å². The van der Waals surface area contributed by atoms with Gasteiger partial charge in [-0.3, -0.25) is 4.79 Å². The molecule has 4 heteroatoms. The molecule has 108 valence electrons. The van der Waals surface area contributed by atoms with E-state index in [1.54, 1.807) is 18.3 Å². The van der Waals surface area contributed by atoms with Crippen LogP contribution in [-0.4, -0.2) is 17.4 Å². The van der Waals surface area contributed by atoms with Crippen LogP contribution in [-0.2, 0) is 6.54 Å². The largest absolute Gasteiger partial charge is 0.380 e. The molecule has 0 aliphatic heterocycles. The van der Waals surface area contributed by atoms with Crippen molar-refractivity contribution < 1.29 is 4.79 Å². The van der Waals surface area contributed by atoms with Crippen LogP contribution in [0.3, 0.4) is 0 Å². The lowest BCUT2D eigenvalue weighted by molar-refractivity contribution is 0.0946. The molecular weight excluding hydrogens is 262 g/mol. The lowest BCUT2D eigenvalue weighted by Gasteiger charge is -2.07. The van der Waals surface area contributed by atoms with E-state index in [9.17, 15) is 4.79 Å². The molecule has 0 bridgehead atoms. The number of amides is 1. The zero-order valence-electron chi connectivity index (χ0n) is 12.1. The molecule has 2 N–H and O–H groups in total. The highest BCUT2D eigenvalue weighted by atomic mass is 16.1. The van der Waals surface area contributed by atoms with Gasteiger partial charge in [0.05, 0.1) is 11.9 Å². The number of pyridine rings is 1. The first kappa shape index (κ1) is 14.8. The van der Waals surface area contributed by atoms with Crippen LogP contribution >= 0.6 is 0 Å². The van der Waals surface area contributed by atoms with Gasteiger partial charge in [0.2, 0.25) is 0 Å². The van der Waals surface area contributed by atoms with Crippen molar-refractivity contribution in [2.24, 2.45) is 0 Å². The van der Waals surface area contributed by atoms with Crippen LogP contribution in [0.1, 0.15) is 21.6 Å². The second-order valence-electron chi connectivity index (χ2n) is 4.77. The van der Waals surface area contributed by atoms with Gasteiger partial charge in [0, 0.05) is 13.1 Å². The Hall–Kier alpha value is -2.62. The summed E-state index contributed by atoms with van der Waals surface area (Å²) in [6.07, 6.45) is 3.41. The summed E-state index contributed by atoms with van der Waals surface area (Å²) >= 11 is 0. The molecule has 1 amide bonds. The molecule has 2 rings (SSSR count). The van der Waals surface area contributed by atoms with Crippen molar-refractivity contribution in [2.45, 2.75) is 13.5 Å². The third-order valence-electron chi connectivity index (χ3n) is 2.98. The highest BCUT2D eigenvalue weighted by molar-refractivity contribution is 5.92. The van der Waals surface area contributed by atoms with Crippen molar-refractivity contribution in [3.63, 3.8) is 0 Å². The molecule has 1 aromatic heterocycles. The number of rotatable bonds is 6. The number of hydrogen-bond donors (Lipinski definition) is 2. The van der Waals surface area contributed by atoms with E-state index in [4.69, 9.17) is 0 Å². The number of aromatic nitrogens is 1. The Kier molecular flexibility index (Phi) is 5.10. The number of carbonyl (C=O) groups is 1. The lowest BCUT2D eigenvalue weighted by Crippen LogP contribution is -2.23. The Bertz CT molecular complexity index is 620. The zero-order valence-corrected chi connectivity index (χ0v) is 12.1. The summed E-state index contributed by atoms with van der Waals surface area (Å²) < 4.78 is 0. The molecule has 0 unspecified atom stereocenters. The minimum Gasteiger partial charge on any atom is -0.380 e. The first-order valence-corrected chi connectivity index (χ1v) is 6.83. The van der Waals surface area contributed by atoms with Crippen LogP contribution in [0.4, 0.5) is 5.69 Å². The molecule has 4 nitrogen and oxygen atoms in total. The van der Waals surface area contributed by atoms with Gasteiger partial charge in [-0.25, -0.2) is 4.98 Å². The van der Waals surface area contributed by atoms with Crippen molar-refractivity contribution in [1.82, 2.24) is 10.3 Å². The first-order valence-electron chi connectivity index (χ1n) is 6.83. The molecule has 0 saturated heterocycles. The molecule has 0 spiro atoms. The van der Waals surface area contributed by atoms with Gasteiger partial charge in [0.1, 0.15) is 5.69 Å². The quantitative estimate of drug-likeness (QED) is 0.800. The molecule has 1 heterocycles. The van der Waals surface area contributed by atoms with Gasteiger partial charge in [-0.15, -0.1) is 6.58 Å². The van der Waals surface area contributed by atoms with Gasteiger partial charge < -0.3 is 10.6 Å². The van der Waals surface area contributed by atoms with Gasteiger partial charge >= 0.3 is 0 Å². The average Bonchev–Trinajstić information content (AvgIpc) is 2.51. The summed E-state index contributed by atoms with van der Waals surface area (Å²) in [7, 11) is 0. The van der Waals surface area contributed by atoms with Crippen LogP contribution in [0.25, 0.3) is 0 Å². The molecule has 0 atom stereocenters. The fourth-order valence-electron chi connectivity index (χ4n) is 1.92. The zero-order chi connectivity index (χ0) is 15.1. The topological polar surface area (TPSA) is 54.0 Å². The molecule has 0 fully saturated rings. The normalized spacial score (nSPS) is 9.95. The van der Waals surface area contributed by atoms with E-state index >= 15 is 0 Å². The summed E-state index contributed by atoms with van der Waals surface area (Å²) in [5.74, 6) is -0.174. The molecule has 0 aliphatic rings. The van der Waals surface area contributed by atoms with Crippen molar-refractivity contribution in [1.29, 1.82) is 0 Å². The number of aryl methyl sites for hydroxylation is 1. The van der Waals surface area contributed by atoms with Gasteiger partial charge in [0.25, 0.3) is 5.91 Å².